The highest BCUT2D eigenvalue weighted by atomic mass is 16.5. The monoisotopic (exact) mass is 427 g/mol. The number of carbonyl (C=O) groups excluding carboxylic acids is 1. The number of hydrogen-bond acceptors (Lipinski definition) is 6. The Balaban J connectivity index is 1.42. The highest BCUT2D eigenvalue weighted by Crippen LogP contribution is 2.32. The van der Waals surface area contributed by atoms with E-state index in [-0.39, 0.29) is 5.69 Å². The van der Waals surface area contributed by atoms with Gasteiger partial charge in [0.2, 0.25) is 0 Å². The Hall–Kier alpha value is -4.46. The second kappa shape index (κ2) is 10.0. The number of carbonyl (C=O) groups is 1. The van der Waals surface area contributed by atoms with E-state index in [0.29, 0.717) is 23.8 Å². The number of methoxy groups -OCH3 is 1. The number of nitrogens with zero attached hydrogens (tertiary/aromatic N) is 3. The van der Waals surface area contributed by atoms with Gasteiger partial charge in [0.05, 0.1) is 19.0 Å². The molecule has 160 valence electrons. The maximum atomic E-state index is 12.3. The van der Waals surface area contributed by atoms with Gasteiger partial charge in [-0.05, 0) is 35.9 Å². The maximum absolute atomic E-state index is 12.3. The van der Waals surface area contributed by atoms with Crippen LogP contribution in [0.5, 0.6) is 11.5 Å². The van der Waals surface area contributed by atoms with Crippen molar-refractivity contribution >= 4 is 12.1 Å². The van der Waals surface area contributed by atoms with E-state index in [0.717, 1.165) is 16.7 Å². The molecule has 0 aliphatic carbocycles. The molecule has 0 bridgehead atoms. The molecule has 8 heteroatoms. The molecule has 2 N–H and O–H groups in total. The van der Waals surface area contributed by atoms with Crippen molar-refractivity contribution in [2.45, 2.75) is 6.61 Å². The minimum Gasteiger partial charge on any atom is -0.493 e. The van der Waals surface area contributed by atoms with Crippen molar-refractivity contribution in [2.24, 2.45) is 5.10 Å². The summed E-state index contributed by atoms with van der Waals surface area (Å²) >= 11 is 0. The number of aromatic amines is 1. The summed E-state index contributed by atoms with van der Waals surface area (Å²) < 4.78 is 11.4. The highest BCUT2D eigenvalue weighted by molar-refractivity contribution is 5.94. The number of nitrogens with one attached hydrogen (secondary N) is 2. The molecule has 0 saturated heterocycles. The second-order valence-electron chi connectivity index (χ2n) is 6.79. The van der Waals surface area contributed by atoms with Gasteiger partial charge in [0.25, 0.3) is 5.91 Å². The van der Waals surface area contributed by atoms with E-state index in [1.165, 1.54) is 6.21 Å². The van der Waals surface area contributed by atoms with E-state index in [1.807, 2.05) is 54.6 Å². The highest BCUT2D eigenvalue weighted by Gasteiger charge is 2.13. The van der Waals surface area contributed by atoms with Gasteiger partial charge in [-0.15, -0.1) is 0 Å². The number of benzene rings is 2. The lowest BCUT2D eigenvalue weighted by atomic mass is 10.1. The van der Waals surface area contributed by atoms with E-state index in [2.05, 4.69) is 25.7 Å². The summed E-state index contributed by atoms with van der Waals surface area (Å²) in [6, 6.07) is 20.7. The summed E-state index contributed by atoms with van der Waals surface area (Å²) in [5, 5.41) is 10.9. The predicted octanol–water partition coefficient (Wildman–Crippen LogP) is 3.82. The van der Waals surface area contributed by atoms with Gasteiger partial charge >= 0.3 is 0 Å². The van der Waals surface area contributed by atoms with Crippen LogP contribution < -0.4 is 14.9 Å². The van der Waals surface area contributed by atoms with Crippen LogP contribution in [0, 0.1) is 0 Å². The Kier molecular flexibility index (Phi) is 6.52. The minimum absolute atomic E-state index is 0.284. The number of amides is 1. The topological polar surface area (TPSA) is 101 Å². The molecule has 0 radical (unpaired) electrons. The molecule has 0 fully saturated rings. The third-order valence-corrected chi connectivity index (χ3v) is 4.58. The maximum Gasteiger partial charge on any atom is 0.289 e. The molecule has 0 aliphatic rings. The van der Waals surface area contributed by atoms with Crippen molar-refractivity contribution in [2.75, 3.05) is 7.11 Å². The van der Waals surface area contributed by atoms with Crippen molar-refractivity contribution in [3.63, 3.8) is 0 Å². The number of hydrazone groups is 1. The Bertz CT molecular complexity index is 1210. The van der Waals surface area contributed by atoms with Gasteiger partial charge in [0.15, 0.2) is 11.5 Å². The molecule has 0 saturated carbocycles. The Morgan fingerprint density at radius 1 is 1.09 bits per heavy atom. The van der Waals surface area contributed by atoms with Crippen LogP contribution in [0.4, 0.5) is 0 Å². The van der Waals surface area contributed by atoms with Gasteiger partial charge in [0, 0.05) is 23.5 Å². The molecule has 4 aromatic rings. The van der Waals surface area contributed by atoms with Crippen molar-refractivity contribution in [3.8, 4) is 22.8 Å². The summed E-state index contributed by atoms with van der Waals surface area (Å²) in [7, 11) is 1.58. The smallest absolute Gasteiger partial charge is 0.289 e. The fraction of sp³-hybridized carbons (Fsp3) is 0.0833. The Morgan fingerprint density at radius 3 is 2.75 bits per heavy atom. The molecule has 2 aromatic heterocycles. The lowest BCUT2D eigenvalue weighted by Gasteiger charge is -2.11. The molecule has 0 spiro atoms. The first-order valence-electron chi connectivity index (χ1n) is 9.87. The van der Waals surface area contributed by atoms with Crippen LogP contribution in [0.25, 0.3) is 11.3 Å². The fourth-order valence-corrected chi connectivity index (χ4v) is 2.95. The van der Waals surface area contributed by atoms with Gasteiger partial charge in [0.1, 0.15) is 12.3 Å². The van der Waals surface area contributed by atoms with Crippen molar-refractivity contribution in [3.05, 3.63) is 95.9 Å². The van der Waals surface area contributed by atoms with E-state index in [4.69, 9.17) is 9.47 Å². The third-order valence-electron chi connectivity index (χ3n) is 4.58. The zero-order valence-corrected chi connectivity index (χ0v) is 17.4. The normalized spacial score (nSPS) is 10.8. The molecule has 32 heavy (non-hydrogen) atoms. The SMILES string of the molecule is COc1cc(-c2cc(C(=O)N/N=C\c3cccnc3)[nH]n2)ccc1OCc1ccccc1. The number of rotatable bonds is 8. The second-order valence-corrected chi connectivity index (χ2v) is 6.79. The van der Waals surface area contributed by atoms with Gasteiger partial charge in [-0.3, -0.25) is 14.9 Å². The summed E-state index contributed by atoms with van der Waals surface area (Å²) in [5.41, 5.74) is 5.96. The lowest BCUT2D eigenvalue weighted by molar-refractivity contribution is 0.0950. The number of ether oxygens (including phenoxy) is 2. The summed E-state index contributed by atoms with van der Waals surface area (Å²) in [6.45, 7) is 0.433. The van der Waals surface area contributed by atoms with Gasteiger partial charge in [-0.25, -0.2) is 5.43 Å². The standard InChI is InChI=1S/C24H21N5O3/c1-31-23-12-19(9-10-22(23)32-16-17-6-3-2-4-7-17)20-13-21(28-27-20)24(30)29-26-15-18-8-5-11-25-14-18/h2-15H,16H2,1H3,(H,27,28)(H,29,30)/b26-15-. The van der Waals surface area contributed by atoms with Crippen molar-refractivity contribution < 1.29 is 14.3 Å². The van der Waals surface area contributed by atoms with E-state index in [1.54, 1.807) is 31.6 Å². The zero-order valence-electron chi connectivity index (χ0n) is 17.4. The largest absolute Gasteiger partial charge is 0.493 e. The Labute approximate surface area is 184 Å². The Morgan fingerprint density at radius 2 is 1.97 bits per heavy atom. The van der Waals surface area contributed by atoms with E-state index in [9.17, 15) is 4.79 Å². The first-order valence-corrected chi connectivity index (χ1v) is 9.87. The van der Waals surface area contributed by atoms with Crippen LogP contribution >= 0.6 is 0 Å². The quantitative estimate of drug-likeness (QED) is 0.329. The van der Waals surface area contributed by atoms with Crippen LogP contribution in [0.2, 0.25) is 0 Å². The molecule has 0 atom stereocenters. The first-order chi connectivity index (χ1) is 15.7. The molecular weight excluding hydrogens is 406 g/mol. The first kappa shape index (κ1) is 20.8. The third kappa shape index (κ3) is 5.17. The van der Waals surface area contributed by atoms with Crippen LogP contribution in [0.1, 0.15) is 21.6 Å². The fourth-order valence-electron chi connectivity index (χ4n) is 2.95. The van der Waals surface area contributed by atoms with Crippen molar-refractivity contribution in [1.29, 1.82) is 0 Å². The molecule has 4 rings (SSSR count). The predicted molar refractivity (Wildman–Crippen MR) is 121 cm³/mol. The average Bonchev–Trinajstić information content (AvgIpc) is 3.34. The number of pyridine rings is 1. The molecule has 0 aliphatic heterocycles. The molecule has 8 nitrogen and oxygen atoms in total. The van der Waals surface area contributed by atoms with Crippen molar-refractivity contribution in [1.82, 2.24) is 20.6 Å². The van der Waals surface area contributed by atoms with Crippen LogP contribution in [0.3, 0.4) is 0 Å². The lowest BCUT2D eigenvalue weighted by Crippen LogP contribution is -2.18. The zero-order chi connectivity index (χ0) is 22.2. The van der Waals surface area contributed by atoms with Crippen LogP contribution in [-0.4, -0.2) is 34.4 Å². The molecule has 2 heterocycles. The van der Waals surface area contributed by atoms with Gasteiger partial charge in [-0.2, -0.15) is 10.2 Å². The summed E-state index contributed by atoms with van der Waals surface area (Å²) in [6.07, 6.45) is 4.82. The van der Waals surface area contributed by atoms with E-state index >= 15 is 0 Å². The van der Waals surface area contributed by atoms with Gasteiger partial charge in [-0.1, -0.05) is 36.4 Å². The summed E-state index contributed by atoms with van der Waals surface area (Å²) in [5.74, 6) is 0.797. The molecule has 2 aromatic carbocycles. The molecule has 1 amide bonds. The van der Waals surface area contributed by atoms with E-state index < -0.39 is 5.91 Å². The van der Waals surface area contributed by atoms with Gasteiger partial charge < -0.3 is 9.47 Å². The molecule has 0 unspecified atom stereocenters. The number of aromatic nitrogens is 3. The average molecular weight is 427 g/mol. The minimum atomic E-state index is -0.404. The van der Waals surface area contributed by atoms with Crippen LogP contribution in [-0.2, 0) is 6.61 Å². The molecular formula is C24H21N5O3. The van der Waals surface area contributed by atoms with Crippen LogP contribution in [0.15, 0.2) is 84.2 Å². The number of hydrogen-bond donors (Lipinski definition) is 2. The summed E-state index contributed by atoms with van der Waals surface area (Å²) in [4.78, 5) is 16.3. The number of H-pyrrole nitrogens is 1.